The summed E-state index contributed by atoms with van der Waals surface area (Å²) in [5, 5.41) is 3.11. The van der Waals surface area contributed by atoms with Crippen LogP contribution in [0.4, 0.5) is 0 Å². The van der Waals surface area contributed by atoms with Gasteiger partial charge in [0, 0.05) is 30.3 Å². The Kier molecular flexibility index (Phi) is 7.29. The number of benzene rings is 1. The second kappa shape index (κ2) is 9.90. The minimum atomic E-state index is -0.329. The molecule has 1 aromatic carbocycles. The van der Waals surface area contributed by atoms with E-state index in [1.54, 1.807) is 12.1 Å². The third-order valence-electron chi connectivity index (χ3n) is 4.80. The normalized spacial score (nSPS) is 17.0. The molecule has 0 bridgehead atoms. The summed E-state index contributed by atoms with van der Waals surface area (Å²) >= 11 is 5.89. The van der Waals surface area contributed by atoms with Crippen molar-refractivity contribution in [3.05, 3.63) is 74.7 Å². The van der Waals surface area contributed by atoms with E-state index >= 15 is 0 Å². The van der Waals surface area contributed by atoms with E-state index in [0.717, 1.165) is 30.6 Å². The summed E-state index contributed by atoms with van der Waals surface area (Å²) < 4.78 is 5.67. The summed E-state index contributed by atoms with van der Waals surface area (Å²) in [5.41, 5.74) is 3.37. The number of pyridine rings is 1. The molecule has 3 rings (SSSR count). The lowest BCUT2D eigenvalue weighted by molar-refractivity contribution is -0.119. The fourth-order valence-corrected chi connectivity index (χ4v) is 3.39. The summed E-state index contributed by atoms with van der Waals surface area (Å²) in [7, 11) is 0. The zero-order valence-electron chi connectivity index (χ0n) is 16.8. The van der Waals surface area contributed by atoms with Crippen LogP contribution in [0, 0.1) is 5.92 Å². The molecule has 0 saturated carbocycles. The van der Waals surface area contributed by atoms with Gasteiger partial charge >= 0.3 is 0 Å². The number of carbonyl (C=O) groups is 1. The van der Waals surface area contributed by atoms with E-state index < -0.39 is 0 Å². The van der Waals surface area contributed by atoms with Crippen molar-refractivity contribution in [2.45, 2.75) is 39.2 Å². The van der Waals surface area contributed by atoms with Crippen LogP contribution < -0.4 is 10.9 Å². The molecular weight excluding hydrogens is 388 g/mol. The van der Waals surface area contributed by atoms with E-state index in [-0.39, 0.29) is 22.5 Å². The molecule has 2 N–H and O–H groups in total. The molecule has 0 aliphatic carbocycles. The minimum absolute atomic E-state index is 0.0481. The lowest BCUT2D eigenvalue weighted by Crippen LogP contribution is -2.23. The summed E-state index contributed by atoms with van der Waals surface area (Å²) in [6.07, 6.45) is 4.11. The Hall–Kier alpha value is -2.37. The van der Waals surface area contributed by atoms with Crippen LogP contribution in [0.3, 0.4) is 0 Å². The zero-order valence-corrected chi connectivity index (χ0v) is 17.6. The first-order valence-electron chi connectivity index (χ1n) is 10.00. The predicted octanol–water partition coefficient (Wildman–Crippen LogP) is 3.95. The molecule has 1 amide bonds. The van der Waals surface area contributed by atoms with E-state index in [0.29, 0.717) is 24.6 Å². The number of hydrogen-bond donors (Lipinski definition) is 2. The predicted molar refractivity (Wildman–Crippen MR) is 116 cm³/mol. The van der Waals surface area contributed by atoms with Crippen LogP contribution in [0.5, 0.6) is 0 Å². The van der Waals surface area contributed by atoms with Crippen molar-refractivity contribution in [1.29, 1.82) is 0 Å². The second-order valence-corrected chi connectivity index (χ2v) is 8.16. The van der Waals surface area contributed by atoms with Crippen molar-refractivity contribution < 1.29 is 9.53 Å². The average Bonchev–Trinajstić information content (AvgIpc) is 3.11. The Bertz CT molecular complexity index is 932. The van der Waals surface area contributed by atoms with E-state index in [1.807, 2.05) is 18.2 Å². The molecule has 1 aliphatic heterocycles. The highest BCUT2D eigenvalue weighted by atomic mass is 35.5. The van der Waals surface area contributed by atoms with Crippen LogP contribution in [-0.4, -0.2) is 30.1 Å². The summed E-state index contributed by atoms with van der Waals surface area (Å²) in [6, 6.07) is 11.5. The van der Waals surface area contributed by atoms with E-state index in [9.17, 15) is 9.59 Å². The number of amides is 1. The molecule has 0 spiro atoms. The van der Waals surface area contributed by atoms with Crippen LogP contribution in [0.2, 0.25) is 5.02 Å². The molecule has 1 aromatic heterocycles. The molecule has 154 valence electrons. The Labute approximate surface area is 176 Å². The average molecular weight is 415 g/mol. The van der Waals surface area contributed by atoms with Gasteiger partial charge in [0.15, 0.2) is 0 Å². The van der Waals surface area contributed by atoms with Crippen LogP contribution in [0.15, 0.2) is 47.3 Å². The van der Waals surface area contributed by atoms with Crippen molar-refractivity contribution in [1.82, 2.24) is 10.3 Å². The lowest BCUT2D eigenvalue weighted by atomic mass is 9.97. The Morgan fingerprint density at radius 3 is 2.59 bits per heavy atom. The van der Waals surface area contributed by atoms with Gasteiger partial charge in [-0.15, -0.1) is 0 Å². The summed E-state index contributed by atoms with van der Waals surface area (Å²) in [4.78, 5) is 26.4. The third-order valence-corrected chi connectivity index (χ3v) is 5.10. The molecular formula is C23H27ClN2O3. The number of nitrogens with one attached hydrogen (secondary N) is 2. The van der Waals surface area contributed by atoms with Gasteiger partial charge in [-0.1, -0.05) is 55.8 Å². The monoisotopic (exact) mass is 414 g/mol. The first kappa shape index (κ1) is 21.3. The molecule has 1 atom stereocenters. The first-order chi connectivity index (χ1) is 13.9. The first-order valence-corrected chi connectivity index (χ1v) is 10.4. The van der Waals surface area contributed by atoms with E-state index in [2.05, 4.69) is 36.3 Å². The van der Waals surface area contributed by atoms with Gasteiger partial charge < -0.3 is 15.0 Å². The number of aromatic nitrogens is 1. The fraction of sp³-hybridized carbons (Fsp3) is 0.391. The Morgan fingerprint density at radius 1 is 1.21 bits per heavy atom. The van der Waals surface area contributed by atoms with Gasteiger partial charge in [-0.25, -0.2) is 0 Å². The molecule has 0 radical (unpaired) electrons. The van der Waals surface area contributed by atoms with Crippen molar-refractivity contribution in [3.8, 4) is 0 Å². The maximum absolute atomic E-state index is 12.0. The molecule has 1 saturated heterocycles. The largest absolute Gasteiger partial charge is 0.381 e. The van der Waals surface area contributed by atoms with Crippen molar-refractivity contribution >= 4 is 23.1 Å². The molecule has 1 fully saturated rings. The van der Waals surface area contributed by atoms with Crippen LogP contribution in [0.25, 0.3) is 5.57 Å². The third kappa shape index (κ3) is 6.05. The number of halogens is 1. The quantitative estimate of drug-likeness (QED) is 0.642. The summed E-state index contributed by atoms with van der Waals surface area (Å²) in [6.45, 7) is 5.73. The standard InChI is InChI=1S/C23H27ClN2O3/c1-15(2)14-29-12-11-16-3-5-17(6-4-16)19(13-18-7-10-22(27)25-18)21-9-8-20(24)23(28)26-21/h3-6,8-9,13,15,18H,7,10-12,14H2,1-2H3,(H,25,27)(H,26,28)/b19-13-/t18-/m1/s1. The van der Waals surface area contributed by atoms with Gasteiger partial charge in [0.1, 0.15) is 5.02 Å². The number of hydrogen-bond acceptors (Lipinski definition) is 3. The number of carbonyl (C=O) groups excluding carboxylic acids is 1. The minimum Gasteiger partial charge on any atom is -0.381 e. The van der Waals surface area contributed by atoms with Crippen molar-refractivity contribution in [2.24, 2.45) is 5.92 Å². The fourth-order valence-electron chi connectivity index (χ4n) is 3.28. The van der Waals surface area contributed by atoms with Gasteiger partial charge in [-0.05, 0) is 42.0 Å². The van der Waals surface area contributed by atoms with Gasteiger partial charge in [0.05, 0.1) is 6.61 Å². The second-order valence-electron chi connectivity index (χ2n) is 7.76. The van der Waals surface area contributed by atoms with Crippen LogP contribution in [0.1, 0.15) is 43.5 Å². The molecule has 2 aromatic rings. The molecule has 1 aliphatic rings. The highest BCUT2D eigenvalue weighted by Crippen LogP contribution is 2.25. The number of aromatic amines is 1. The number of H-pyrrole nitrogens is 1. The van der Waals surface area contributed by atoms with E-state index in [1.165, 1.54) is 5.56 Å². The maximum Gasteiger partial charge on any atom is 0.267 e. The Balaban J connectivity index is 1.82. The van der Waals surface area contributed by atoms with Crippen molar-refractivity contribution in [3.63, 3.8) is 0 Å². The van der Waals surface area contributed by atoms with Crippen LogP contribution >= 0.6 is 11.6 Å². The lowest BCUT2D eigenvalue weighted by Gasteiger charge is -2.13. The number of ether oxygens (including phenoxy) is 1. The molecule has 5 nitrogen and oxygen atoms in total. The number of rotatable bonds is 8. The topological polar surface area (TPSA) is 71.2 Å². The van der Waals surface area contributed by atoms with Gasteiger partial charge in [-0.2, -0.15) is 0 Å². The van der Waals surface area contributed by atoms with Crippen LogP contribution in [-0.2, 0) is 16.0 Å². The molecule has 29 heavy (non-hydrogen) atoms. The Morgan fingerprint density at radius 2 is 1.97 bits per heavy atom. The van der Waals surface area contributed by atoms with Gasteiger partial charge in [0.2, 0.25) is 5.91 Å². The molecule has 0 unspecified atom stereocenters. The van der Waals surface area contributed by atoms with Gasteiger partial charge in [0.25, 0.3) is 5.56 Å². The summed E-state index contributed by atoms with van der Waals surface area (Å²) in [5.74, 6) is 0.578. The van der Waals surface area contributed by atoms with Crippen molar-refractivity contribution in [2.75, 3.05) is 13.2 Å². The SMILES string of the molecule is CC(C)COCCc1ccc(/C(=C/[C@H]2CCC(=O)N2)c2ccc(Cl)c(=O)[nH]2)cc1. The highest BCUT2D eigenvalue weighted by Gasteiger charge is 2.20. The highest BCUT2D eigenvalue weighted by molar-refractivity contribution is 6.30. The maximum atomic E-state index is 12.0. The zero-order chi connectivity index (χ0) is 20.8. The molecule has 6 heteroatoms. The smallest absolute Gasteiger partial charge is 0.267 e. The molecule has 2 heterocycles. The van der Waals surface area contributed by atoms with Gasteiger partial charge in [-0.3, -0.25) is 9.59 Å². The van der Waals surface area contributed by atoms with E-state index in [4.69, 9.17) is 16.3 Å².